The third-order valence-corrected chi connectivity index (χ3v) is 2.10. The van der Waals surface area contributed by atoms with E-state index in [-0.39, 0.29) is 0 Å². The number of nitrogens with zero attached hydrogens (tertiary/aromatic N) is 1. The third-order valence-electron chi connectivity index (χ3n) is 2.10. The molecule has 0 amide bonds. The summed E-state index contributed by atoms with van der Waals surface area (Å²) in [6.45, 7) is 6.45. The Kier molecular flexibility index (Phi) is 2.64. The van der Waals surface area contributed by atoms with Gasteiger partial charge in [-0.25, -0.2) is 0 Å². The molecule has 60 valence electrons. The highest BCUT2D eigenvalue weighted by molar-refractivity contribution is 5.29. The van der Waals surface area contributed by atoms with Gasteiger partial charge < -0.3 is 0 Å². The van der Waals surface area contributed by atoms with E-state index in [2.05, 4.69) is 31.8 Å². The van der Waals surface area contributed by atoms with Gasteiger partial charge in [-0.3, -0.25) is 4.98 Å². The predicted molar refractivity (Wildman–Crippen MR) is 47.7 cm³/mol. The fourth-order valence-corrected chi connectivity index (χ4v) is 1.46. The first-order valence-corrected chi connectivity index (χ1v) is 4.23. The second kappa shape index (κ2) is 3.51. The van der Waals surface area contributed by atoms with Gasteiger partial charge in [0.2, 0.25) is 0 Å². The lowest BCUT2D eigenvalue weighted by Gasteiger charge is -2.06. The van der Waals surface area contributed by atoms with Crippen LogP contribution < -0.4 is 0 Å². The maximum Gasteiger partial charge on any atom is 0.0407 e. The molecule has 1 heteroatoms. The van der Waals surface area contributed by atoms with Gasteiger partial charge >= 0.3 is 0 Å². The molecular formula is C10H15N. The Labute approximate surface area is 68.5 Å². The molecule has 1 heterocycles. The van der Waals surface area contributed by atoms with Crippen molar-refractivity contribution in [2.24, 2.45) is 0 Å². The number of aryl methyl sites for hydroxylation is 2. The summed E-state index contributed by atoms with van der Waals surface area (Å²) in [5.41, 5.74) is 4.06. The number of aromatic nitrogens is 1. The highest BCUT2D eigenvalue weighted by atomic mass is 14.7. The Balaban J connectivity index is 3.13. The Bertz CT molecular complexity index is 241. The van der Waals surface area contributed by atoms with E-state index in [1.165, 1.54) is 16.8 Å². The van der Waals surface area contributed by atoms with Crippen molar-refractivity contribution >= 4 is 0 Å². The first kappa shape index (κ1) is 8.25. The predicted octanol–water partition coefficient (Wildman–Crippen LogP) is 2.51. The van der Waals surface area contributed by atoms with Gasteiger partial charge in [-0.1, -0.05) is 13.8 Å². The molecular weight excluding hydrogens is 134 g/mol. The van der Waals surface area contributed by atoms with E-state index in [1.807, 2.05) is 6.20 Å². The van der Waals surface area contributed by atoms with Crippen LogP contribution >= 0.6 is 0 Å². The summed E-state index contributed by atoms with van der Waals surface area (Å²) in [5.74, 6) is 0. The Morgan fingerprint density at radius 2 is 2.00 bits per heavy atom. The standard InChI is InChI=1S/C10H15N/c1-4-9-6-7-11-8(3)10(9)5-2/h6-7H,4-5H2,1-3H3. The van der Waals surface area contributed by atoms with Crippen molar-refractivity contribution in [2.45, 2.75) is 33.6 Å². The topological polar surface area (TPSA) is 12.9 Å². The summed E-state index contributed by atoms with van der Waals surface area (Å²) in [5, 5.41) is 0. The van der Waals surface area contributed by atoms with Gasteiger partial charge in [-0.05, 0) is 37.0 Å². The highest BCUT2D eigenvalue weighted by Crippen LogP contribution is 2.12. The average Bonchev–Trinajstić information content (AvgIpc) is 2.04. The molecule has 0 radical (unpaired) electrons. The molecule has 1 rings (SSSR count). The molecule has 0 N–H and O–H groups in total. The summed E-state index contributed by atoms with van der Waals surface area (Å²) in [6.07, 6.45) is 4.11. The van der Waals surface area contributed by atoms with Crippen molar-refractivity contribution in [3.63, 3.8) is 0 Å². The van der Waals surface area contributed by atoms with Crippen molar-refractivity contribution in [1.82, 2.24) is 4.98 Å². The van der Waals surface area contributed by atoms with Crippen LogP contribution in [-0.2, 0) is 12.8 Å². The van der Waals surface area contributed by atoms with Gasteiger partial charge in [-0.2, -0.15) is 0 Å². The van der Waals surface area contributed by atoms with Gasteiger partial charge in [-0.15, -0.1) is 0 Å². The highest BCUT2D eigenvalue weighted by Gasteiger charge is 2.00. The molecule has 0 saturated carbocycles. The fourth-order valence-electron chi connectivity index (χ4n) is 1.46. The van der Waals surface area contributed by atoms with Gasteiger partial charge in [0, 0.05) is 11.9 Å². The average molecular weight is 149 g/mol. The van der Waals surface area contributed by atoms with Crippen molar-refractivity contribution < 1.29 is 0 Å². The van der Waals surface area contributed by atoms with Crippen LogP contribution in [0.3, 0.4) is 0 Å². The lowest BCUT2D eigenvalue weighted by atomic mass is 10.0. The molecule has 0 saturated heterocycles. The SMILES string of the molecule is CCc1ccnc(C)c1CC. The van der Waals surface area contributed by atoms with Crippen LogP contribution in [0.5, 0.6) is 0 Å². The van der Waals surface area contributed by atoms with Gasteiger partial charge in [0.1, 0.15) is 0 Å². The summed E-state index contributed by atoms with van der Waals surface area (Å²) < 4.78 is 0. The van der Waals surface area contributed by atoms with E-state index in [1.54, 1.807) is 0 Å². The minimum atomic E-state index is 1.10. The van der Waals surface area contributed by atoms with Gasteiger partial charge in [0.25, 0.3) is 0 Å². The molecule has 0 aliphatic rings. The fraction of sp³-hybridized carbons (Fsp3) is 0.500. The summed E-state index contributed by atoms with van der Waals surface area (Å²) in [4.78, 5) is 4.26. The zero-order valence-corrected chi connectivity index (χ0v) is 7.52. The van der Waals surface area contributed by atoms with E-state index in [0.717, 1.165) is 12.8 Å². The van der Waals surface area contributed by atoms with Gasteiger partial charge in [0.05, 0.1) is 0 Å². The summed E-state index contributed by atoms with van der Waals surface area (Å²) in [7, 11) is 0. The Morgan fingerprint density at radius 3 is 2.45 bits per heavy atom. The van der Waals surface area contributed by atoms with Crippen LogP contribution in [0.25, 0.3) is 0 Å². The molecule has 0 aliphatic carbocycles. The molecule has 0 bridgehead atoms. The second-order valence-corrected chi connectivity index (χ2v) is 2.74. The molecule has 1 aromatic heterocycles. The molecule has 0 spiro atoms. The number of rotatable bonds is 2. The van der Waals surface area contributed by atoms with Crippen LogP contribution in [0.4, 0.5) is 0 Å². The van der Waals surface area contributed by atoms with Gasteiger partial charge in [0.15, 0.2) is 0 Å². The number of pyridine rings is 1. The van der Waals surface area contributed by atoms with Crippen molar-refractivity contribution in [1.29, 1.82) is 0 Å². The van der Waals surface area contributed by atoms with E-state index in [9.17, 15) is 0 Å². The molecule has 0 atom stereocenters. The smallest absolute Gasteiger partial charge is 0.0407 e. The first-order chi connectivity index (χ1) is 5.29. The van der Waals surface area contributed by atoms with E-state index >= 15 is 0 Å². The van der Waals surface area contributed by atoms with Crippen molar-refractivity contribution in [3.8, 4) is 0 Å². The van der Waals surface area contributed by atoms with E-state index < -0.39 is 0 Å². The van der Waals surface area contributed by atoms with Crippen LogP contribution in [0.15, 0.2) is 12.3 Å². The summed E-state index contributed by atoms with van der Waals surface area (Å²) in [6, 6.07) is 2.12. The van der Waals surface area contributed by atoms with Crippen LogP contribution in [0.1, 0.15) is 30.7 Å². The Hall–Kier alpha value is -0.850. The van der Waals surface area contributed by atoms with E-state index in [4.69, 9.17) is 0 Å². The lowest BCUT2D eigenvalue weighted by molar-refractivity contribution is 0.978. The molecule has 1 nitrogen and oxygen atoms in total. The minimum Gasteiger partial charge on any atom is -0.261 e. The lowest BCUT2D eigenvalue weighted by Crippen LogP contribution is -1.96. The normalized spacial score (nSPS) is 10.1. The monoisotopic (exact) mass is 149 g/mol. The maximum absolute atomic E-state index is 4.26. The zero-order valence-electron chi connectivity index (χ0n) is 7.52. The third kappa shape index (κ3) is 1.59. The van der Waals surface area contributed by atoms with E-state index in [0.29, 0.717) is 0 Å². The molecule has 1 aromatic rings. The molecule has 11 heavy (non-hydrogen) atoms. The molecule has 0 aliphatic heterocycles. The van der Waals surface area contributed by atoms with Crippen LogP contribution in [0.2, 0.25) is 0 Å². The number of hydrogen-bond acceptors (Lipinski definition) is 1. The van der Waals surface area contributed by atoms with Crippen molar-refractivity contribution in [2.75, 3.05) is 0 Å². The largest absolute Gasteiger partial charge is 0.261 e. The molecule has 0 unspecified atom stereocenters. The van der Waals surface area contributed by atoms with Crippen molar-refractivity contribution in [3.05, 3.63) is 29.1 Å². The first-order valence-electron chi connectivity index (χ1n) is 4.23. The van der Waals surface area contributed by atoms with Crippen LogP contribution in [0, 0.1) is 6.92 Å². The molecule has 0 aromatic carbocycles. The minimum absolute atomic E-state index is 1.10. The Morgan fingerprint density at radius 1 is 1.27 bits per heavy atom. The second-order valence-electron chi connectivity index (χ2n) is 2.74. The zero-order chi connectivity index (χ0) is 8.27. The number of hydrogen-bond donors (Lipinski definition) is 0. The quantitative estimate of drug-likeness (QED) is 0.629. The summed E-state index contributed by atoms with van der Waals surface area (Å²) >= 11 is 0. The van der Waals surface area contributed by atoms with Crippen LogP contribution in [-0.4, -0.2) is 4.98 Å². The molecule has 0 fully saturated rings. The maximum atomic E-state index is 4.26.